The van der Waals surface area contributed by atoms with Gasteiger partial charge in [-0.05, 0) is 30.7 Å². The van der Waals surface area contributed by atoms with Crippen LogP contribution in [0.1, 0.15) is 56.9 Å². The minimum absolute atomic E-state index is 0.0259. The number of aromatic nitrogens is 2. The quantitative estimate of drug-likeness (QED) is 0.850. The van der Waals surface area contributed by atoms with Gasteiger partial charge >= 0.3 is 0 Å². The van der Waals surface area contributed by atoms with E-state index < -0.39 is 5.41 Å². The average Bonchev–Trinajstić information content (AvgIpc) is 2.94. The van der Waals surface area contributed by atoms with Gasteiger partial charge in [0.15, 0.2) is 11.6 Å². The van der Waals surface area contributed by atoms with Gasteiger partial charge in [-0.15, -0.1) is 0 Å². The number of ketones is 1. The van der Waals surface area contributed by atoms with E-state index in [0.717, 1.165) is 41.2 Å². The van der Waals surface area contributed by atoms with E-state index in [1.54, 1.807) is 0 Å². The van der Waals surface area contributed by atoms with Gasteiger partial charge in [-0.3, -0.25) is 9.89 Å². The number of Topliss-reactive ketones (excluding diaryl/α,β-unsaturated/α-hetero) is 1. The van der Waals surface area contributed by atoms with Gasteiger partial charge in [-0.1, -0.05) is 51.1 Å². The number of anilines is 1. The van der Waals surface area contributed by atoms with Crippen molar-refractivity contribution in [3.63, 3.8) is 0 Å². The van der Waals surface area contributed by atoms with Crippen molar-refractivity contribution in [1.29, 1.82) is 0 Å². The molecule has 0 saturated heterocycles. The average molecular weight is 335 g/mol. The fourth-order valence-corrected chi connectivity index (χ4v) is 4.80. The number of aromatic amines is 1. The highest BCUT2D eigenvalue weighted by Crippen LogP contribution is 2.54. The molecule has 0 bridgehead atoms. The van der Waals surface area contributed by atoms with Crippen LogP contribution in [0.3, 0.4) is 0 Å². The minimum Gasteiger partial charge on any atom is -0.342 e. The Labute approximate surface area is 148 Å². The minimum atomic E-state index is -0.429. The molecule has 0 saturated carbocycles. The van der Waals surface area contributed by atoms with Crippen LogP contribution in [0.15, 0.2) is 41.6 Å². The van der Waals surface area contributed by atoms with Gasteiger partial charge in [0, 0.05) is 28.9 Å². The first-order chi connectivity index (χ1) is 11.9. The number of allylic oxidation sites excluding steroid dienone is 2. The Balaban J connectivity index is 2.06. The third-order valence-corrected chi connectivity index (χ3v) is 5.74. The Hall–Kier alpha value is -2.36. The first-order valence-corrected chi connectivity index (χ1v) is 9.04. The lowest BCUT2D eigenvalue weighted by Crippen LogP contribution is -2.43. The second-order valence-corrected chi connectivity index (χ2v) is 8.12. The topological polar surface area (TPSA) is 57.8 Å². The molecular formula is C21H25N3O. The molecule has 0 amide bonds. The Morgan fingerprint density at radius 3 is 2.56 bits per heavy atom. The maximum absolute atomic E-state index is 13.3. The van der Waals surface area contributed by atoms with Crippen LogP contribution in [0.4, 0.5) is 5.82 Å². The zero-order valence-electron chi connectivity index (χ0n) is 15.4. The zero-order valence-corrected chi connectivity index (χ0v) is 15.4. The van der Waals surface area contributed by atoms with Gasteiger partial charge in [0.2, 0.25) is 0 Å². The molecule has 1 aliphatic heterocycles. The van der Waals surface area contributed by atoms with E-state index in [1.165, 1.54) is 5.56 Å². The van der Waals surface area contributed by atoms with Crippen molar-refractivity contribution < 1.29 is 4.79 Å². The second-order valence-electron chi connectivity index (χ2n) is 8.12. The molecule has 0 fully saturated rings. The van der Waals surface area contributed by atoms with Crippen LogP contribution in [-0.2, 0) is 10.2 Å². The third kappa shape index (κ3) is 2.20. The summed E-state index contributed by atoms with van der Waals surface area (Å²) in [6.45, 7) is 8.55. The number of nitrogens with zero attached hydrogens (tertiary/aromatic N) is 1. The monoisotopic (exact) mass is 335 g/mol. The molecule has 4 rings (SSSR count). The molecule has 1 atom stereocenters. The molecule has 2 N–H and O–H groups in total. The Bertz CT molecular complexity index is 876. The van der Waals surface area contributed by atoms with Crippen molar-refractivity contribution in [2.24, 2.45) is 5.41 Å². The van der Waals surface area contributed by atoms with Crippen molar-refractivity contribution >= 4 is 11.6 Å². The maximum Gasteiger partial charge on any atom is 0.162 e. The number of H-pyrrole nitrogens is 1. The van der Waals surface area contributed by atoms with Crippen molar-refractivity contribution in [3.8, 4) is 0 Å². The van der Waals surface area contributed by atoms with Crippen LogP contribution in [0.2, 0.25) is 0 Å². The standard InChI is InChI=1S/C21H25N3O/c1-5-21(14-9-7-6-8-10-14)17-13(2)23-24-19(17)22-15-11-20(3,4)12-16(25)18(15)21/h6-10H,5,11-12H2,1-4H3,(H2,22,23,24)/t21-/m0/s1. The Morgan fingerprint density at radius 1 is 1.16 bits per heavy atom. The predicted molar refractivity (Wildman–Crippen MR) is 99.5 cm³/mol. The summed E-state index contributed by atoms with van der Waals surface area (Å²) in [6, 6.07) is 10.4. The molecule has 2 heterocycles. The molecule has 0 unspecified atom stereocenters. The van der Waals surface area contributed by atoms with Crippen molar-refractivity contribution in [2.45, 2.75) is 52.4 Å². The number of fused-ring (bicyclic) bond motifs is 1. The van der Waals surface area contributed by atoms with E-state index in [0.29, 0.717) is 6.42 Å². The van der Waals surface area contributed by atoms with Crippen LogP contribution < -0.4 is 5.32 Å². The van der Waals surface area contributed by atoms with E-state index in [-0.39, 0.29) is 11.2 Å². The Morgan fingerprint density at radius 2 is 1.88 bits per heavy atom. The summed E-state index contributed by atoms with van der Waals surface area (Å²) in [7, 11) is 0. The molecule has 2 aromatic rings. The van der Waals surface area contributed by atoms with Crippen LogP contribution in [0.25, 0.3) is 0 Å². The van der Waals surface area contributed by atoms with Crippen LogP contribution >= 0.6 is 0 Å². The van der Waals surface area contributed by atoms with Gasteiger partial charge in [-0.2, -0.15) is 5.10 Å². The van der Waals surface area contributed by atoms with E-state index in [2.05, 4.69) is 60.6 Å². The predicted octanol–water partition coefficient (Wildman–Crippen LogP) is 4.48. The number of hydrogen-bond donors (Lipinski definition) is 2. The van der Waals surface area contributed by atoms with Gasteiger partial charge in [0.1, 0.15) is 0 Å². The molecule has 4 heteroatoms. The smallest absolute Gasteiger partial charge is 0.162 e. The van der Waals surface area contributed by atoms with Crippen LogP contribution in [-0.4, -0.2) is 16.0 Å². The largest absolute Gasteiger partial charge is 0.342 e. The highest BCUT2D eigenvalue weighted by molar-refractivity contribution is 6.03. The number of carbonyl (C=O) groups is 1. The molecule has 0 radical (unpaired) electrons. The number of hydrogen-bond acceptors (Lipinski definition) is 3. The van der Waals surface area contributed by atoms with Crippen LogP contribution in [0.5, 0.6) is 0 Å². The fraction of sp³-hybridized carbons (Fsp3) is 0.429. The molecule has 1 aliphatic carbocycles. The molecule has 2 aliphatic rings. The molecule has 4 nitrogen and oxygen atoms in total. The van der Waals surface area contributed by atoms with Crippen molar-refractivity contribution in [3.05, 3.63) is 58.4 Å². The first-order valence-electron chi connectivity index (χ1n) is 9.04. The number of nitrogens with one attached hydrogen (secondary N) is 2. The lowest BCUT2D eigenvalue weighted by Gasteiger charge is -2.45. The van der Waals surface area contributed by atoms with E-state index in [4.69, 9.17) is 0 Å². The number of carbonyl (C=O) groups excluding carboxylic acids is 1. The first kappa shape index (κ1) is 16.1. The van der Waals surface area contributed by atoms with Gasteiger partial charge in [-0.25, -0.2) is 0 Å². The summed E-state index contributed by atoms with van der Waals surface area (Å²) in [5.41, 5.74) is 4.85. The van der Waals surface area contributed by atoms with E-state index >= 15 is 0 Å². The van der Waals surface area contributed by atoms with Crippen molar-refractivity contribution in [2.75, 3.05) is 5.32 Å². The maximum atomic E-state index is 13.3. The number of rotatable bonds is 2. The summed E-state index contributed by atoms with van der Waals surface area (Å²) in [5, 5.41) is 11.1. The molecule has 130 valence electrons. The summed E-state index contributed by atoms with van der Waals surface area (Å²) < 4.78 is 0. The second kappa shape index (κ2) is 5.32. The Kier molecular flexibility index (Phi) is 3.43. The lowest BCUT2D eigenvalue weighted by atomic mass is 9.59. The van der Waals surface area contributed by atoms with Crippen LogP contribution in [0, 0.1) is 12.3 Å². The van der Waals surface area contributed by atoms with Gasteiger partial charge in [0.25, 0.3) is 0 Å². The molecule has 25 heavy (non-hydrogen) atoms. The normalized spacial score (nSPS) is 24.6. The summed E-state index contributed by atoms with van der Waals surface area (Å²) in [5.74, 6) is 1.13. The summed E-state index contributed by atoms with van der Waals surface area (Å²) in [6.07, 6.45) is 2.29. The van der Waals surface area contributed by atoms with E-state index in [9.17, 15) is 4.79 Å². The SMILES string of the molecule is CC[C@@]1(c2ccccc2)C2=C(CC(C)(C)CC2=O)Nc2n[nH]c(C)c21. The molecule has 1 aromatic heterocycles. The lowest BCUT2D eigenvalue weighted by molar-refractivity contribution is -0.118. The van der Waals surface area contributed by atoms with E-state index in [1.807, 2.05) is 13.0 Å². The summed E-state index contributed by atoms with van der Waals surface area (Å²) in [4.78, 5) is 13.3. The van der Waals surface area contributed by atoms with Gasteiger partial charge < -0.3 is 5.32 Å². The molecular weight excluding hydrogens is 310 g/mol. The van der Waals surface area contributed by atoms with Gasteiger partial charge in [0.05, 0.1) is 5.41 Å². The van der Waals surface area contributed by atoms with Crippen molar-refractivity contribution in [1.82, 2.24) is 10.2 Å². The highest BCUT2D eigenvalue weighted by atomic mass is 16.1. The highest BCUT2D eigenvalue weighted by Gasteiger charge is 2.50. The number of benzene rings is 1. The molecule has 1 aromatic carbocycles. The number of aryl methyl sites for hydroxylation is 1. The zero-order chi connectivity index (χ0) is 17.8. The fourth-order valence-electron chi connectivity index (χ4n) is 4.80. The molecule has 0 spiro atoms. The third-order valence-electron chi connectivity index (χ3n) is 5.74. The summed E-state index contributed by atoms with van der Waals surface area (Å²) >= 11 is 0.